The van der Waals surface area contributed by atoms with Crippen LogP contribution in [0.2, 0.25) is 0 Å². The first-order valence-electron chi connectivity index (χ1n) is 5.27. The molecule has 1 aromatic heterocycles. The molecule has 1 aliphatic rings. The van der Waals surface area contributed by atoms with Crippen molar-refractivity contribution in [3.8, 4) is 0 Å². The molecule has 0 aromatic carbocycles. The van der Waals surface area contributed by atoms with Gasteiger partial charge >= 0.3 is 0 Å². The molecule has 88 valence electrons. The Kier molecular flexibility index (Phi) is 3.56. The number of pyridine rings is 1. The lowest BCUT2D eigenvalue weighted by Crippen LogP contribution is -2.42. The Morgan fingerprint density at radius 3 is 2.25 bits per heavy atom. The van der Waals surface area contributed by atoms with Gasteiger partial charge in [0.25, 0.3) is 0 Å². The SMILES string of the molecule is CC1(O)CCN(c2cc(Br)nc(Br)c2)CC1. The summed E-state index contributed by atoms with van der Waals surface area (Å²) in [5.74, 6) is 0. The predicted octanol–water partition coefficient (Wildman–Crippen LogP) is 2.96. The minimum Gasteiger partial charge on any atom is -0.390 e. The Morgan fingerprint density at radius 1 is 1.25 bits per heavy atom. The molecule has 2 rings (SSSR count). The van der Waals surface area contributed by atoms with E-state index in [-0.39, 0.29) is 0 Å². The second-order valence-corrected chi connectivity index (χ2v) is 6.08. The number of hydrogen-bond acceptors (Lipinski definition) is 3. The highest BCUT2D eigenvalue weighted by molar-refractivity contribution is 9.11. The van der Waals surface area contributed by atoms with Crippen molar-refractivity contribution in [2.24, 2.45) is 0 Å². The van der Waals surface area contributed by atoms with Crippen LogP contribution in [0.3, 0.4) is 0 Å². The number of halogens is 2. The minimum atomic E-state index is -0.502. The Morgan fingerprint density at radius 2 is 1.75 bits per heavy atom. The van der Waals surface area contributed by atoms with Gasteiger partial charge in [-0.25, -0.2) is 4.98 Å². The van der Waals surface area contributed by atoms with Crippen molar-refractivity contribution >= 4 is 37.5 Å². The topological polar surface area (TPSA) is 36.4 Å². The Hall–Kier alpha value is -0.130. The van der Waals surface area contributed by atoms with Gasteiger partial charge in [-0.1, -0.05) is 0 Å². The van der Waals surface area contributed by atoms with Crippen LogP contribution in [0.5, 0.6) is 0 Å². The van der Waals surface area contributed by atoms with Gasteiger partial charge < -0.3 is 10.0 Å². The Bertz CT molecular complexity index is 365. The van der Waals surface area contributed by atoms with Crippen LogP contribution < -0.4 is 4.90 Å². The van der Waals surface area contributed by atoms with E-state index in [1.807, 2.05) is 19.1 Å². The molecular weight excluding hydrogens is 336 g/mol. The number of anilines is 1. The van der Waals surface area contributed by atoms with Crippen LogP contribution in [-0.4, -0.2) is 28.8 Å². The normalized spacial score (nSPS) is 19.9. The third-order valence-corrected chi connectivity index (χ3v) is 3.77. The molecule has 0 atom stereocenters. The van der Waals surface area contributed by atoms with Gasteiger partial charge in [-0.2, -0.15) is 0 Å². The summed E-state index contributed by atoms with van der Waals surface area (Å²) in [6, 6.07) is 4.01. The van der Waals surface area contributed by atoms with Crippen molar-refractivity contribution in [2.45, 2.75) is 25.4 Å². The maximum absolute atomic E-state index is 9.89. The Balaban J connectivity index is 2.14. The molecule has 0 bridgehead atoms. The third kappa shape index (κ3) is 2.96. The molecule has 1 aliphatic heterocycles. The molecule has 3 nitrogen and oxygen atoms in total. The van der Waals surface area contributed by atoms with E-state index in [2.05, 4.69) is 41.7 Å². The van der Waals surface area contributed by atoms with Gasteiger partial charge in [-0.15, -0.1) is 0 Å². The molecule has 0 spiro atoms. The number of hydrogen-bond donors (Lipinski definition) is 1. The fourth-order valence-corrected chi connectivity index (χ4v) is 2.97. The van der Waals surface area contributed by atoms with Crippen molar-refractivity contribution in [2.75, 3.05) is 18.0 Å². The van der Waals surface area contributed by atoms with Crippen molar-refractivity contribution in [3.63, 3.8) is 0 Å². The number of aliphatic hydroxyl groups is 1. The van der Waals surface area contributed by atoms with Crippen LogP contribution >= 0.6 is 31.9 Å². The molecule has 0 radical (unpaired) electrons. The minimum absolute atomic E-state index is 0.502. The third-order valence-electron chi connectivity index (χ3n) is 2.95. The van der Waals surface area contributed by atoms with Gasteiger partial charge in [0.2, 0.25) is 0 Å². The second kappa shape index (κ2) is 4.63. The number of nitrogens with zero attached hydrogens (tertiary/aromatic N) is 2. The first kappa shape index (κ1) is 12.3. The van der Waals surface area contributed by atoms with E-state index in [0.29, 0.717) is 0 Å². The zero-order chi connectivity index (χ0) is 11.8. The smallest absolute Gasteiger partial charge is 0.109 e. The summed E-state index contributed by atoms with van der Waals surface area (Å²) in [5.41, 5.74) is 0.641. The number of aromatic nitrogens is 1. The lowest BCUT2D eigenvalue weighted by Gasteiger charge is -2.37. The summed E-state index contributed by atoms with van der Waals surface area (Å²) in [4.78, 5) is 6.49. The summed E-state index contributed by atoms with van der Waals surface area (Å²) in [5, 5.41) is 9.89. The van der Waals surface area contributed by atoms with E-state index in [0.717, 1.165) is 40.8 Å². The zero-order valence-corrected chi connectivity index (χ0v) is 12.3. The molecule has 1 aromatic rings. The highest BCUT2D eigenvalue weighted by atomic mass is 79.9. The van der Waals surface area contributed by atoms with Crippen LogP contribution in [0.15, 0.2) is 21.3 Å². The van der Waals surface area contributed by atoms with E-state index in [9.17, 15) is 5.11 Å². The van der Waals surface area contributed by atoms with Crippen molar-refractivity contribution in [3.05, 3.63) is 21.3 Å². The largest absolute Gasteiger partial charge is 0.390 e. The monoisotopic (exact) mass is 348 g/mol. The lowest BCUT2D eigenvalue weighted by atomic mass is 9.93. The van der Waals surface area contributed by atoms with Gasteiger partial charge in [0, 0.05) is 18.8 Å². The second-order valence-electron chi connectivity index (χ2n) is 4.45. The average molecular weight is 350 g/mol. The number of rotatable bonds is 1. The van der Waals surface area contributed by atoms with E-state index in [4.69, 9.17) is 0 Å². The molecule has 0 saturated carbocycles. The van der Waals surface area contributed by atoms with Crippen LogP contribution in [0.4, 0.5) is 5.69 Å². The highest BCUT2D eigenvalue weighted by Gasteiger charge is 2.27. The van der Waals surface area contributed by atoms with Crippen LogP contribution in [0, 0.1) is 0 Å². The van der Waals surface area contributed by atoms with Gasteiger partial charge in [-0.3, -0.25) is 0 Å². The first-order chi connectivity index (χ1) is 7.46. The molecule has 16 heavy (non-hydrogen) atoms. The van der Waals surface area contributed by atoms with Gasteiger partial charge in [0.05, 0.1) is 5.60 Å². The summed E-state index contributed by atoms with van der Waals surface area (Å²) in [6.45, 7) is 3.68. The summed E-state index contributed by atoms with van der Waals surface area (Å²) in [6.07, 6.45) is 1.62. The van der Waals surface area contributed by atoms with Gasteiger partial charge in [-0.05, 0) is 63.8 Å². The summed E-state index contributed by atoms with van der Waals surface area (Å²) in [7, 11) is 0. The molecule has 1 saturated heterocycles. The maximum atomic E-state index is 9.89. The fraction of sp³-hybridized carbons (Fsp3) is 0.545. The van der Waals surface area contributed by atoms with E-state index >= 15 is 0 Å². The van der Waals surface area contributed by atoms with Gasteiger partial charge in [0.15, 0.2) is 0 Å². The quantitative estimate of drug-likeness (QED) is 0.792. The van der Waals surface area contributed by atoms with E-state index in [1.165, 1.54) is 0 Å². The highest BCUT2D eigenvalue weighted by Crippen LogP contribution is 2.28. The molecule has 0 aliphatic carbocycles. The lowest BCUT2D eigenvalue weighted by molar-refractivity contribution is 0.0351. The molecule has 0 unspecified atom stereocenters. The summed E-state index contributed by atoms with van der Waals surface area (Å²) >= 11 is 6.77. The molecule has 5 heteroatoms. The van der Waals surface area contributed by atoms with Crippen molar-refractivity contribution in [1.29, 1.82) is 0 Å². The summed E-state index contributed by atoms with van der Waals surface area (Å²) < 4.78 is 1.66. The van der Waals surface area contributed by atoms with E-state index in [1.54, 1.807) is 0 Å². The predicted molar refractivity (Wildman–Crippen MR) is 71.7 cm³/mol. The first-order valence-corrected chi connectivity index (χ1v) is 6.85. The molecule has 1 N–H and O–H groups in total. The maximum Gasteiger partial charge on any atom is 0.109 e. The zero-order valence-electron chi connectivity index (χ0n) is 9.08. The molecule has 0 amide bonds. The number of piperidine rings is 1. The van der Waals surface area contributed by atoms with Crippen LogP contribution in [-0.2, 0) is 0 Å². The standard InChI is InChI=1S/C11H14Br2N2O/c1-11(16)2-4-15(5-3-11)8-6-9(12)14-10(13)7-8/h6-7,16H,2-5H2,1H3. The van der Waals surface area contributed by atoms with Crippen LogP contribution in [0.25, 0.3) is 0 Å². The van der Waals surface area contributed by atoms with Crippen molar-refractivity contribution in [1.82, 2.24) is 4.98 Å². The average Bonchev–Trinajstić information content (AvgIpc) is 2.15. The molecule has 2 heterocycles. The molecule has 1 fully saturated rings. The van der Waals surface area contributed by atoms with Crippen molar-refractivity contribution < 1.29 is 5.11 Å². The fourth-order valence-electron chi connectivity index (χ4n) is 1.88. The molecular formula is C11H14Br2N2O. The Labute approximate surface area is 112 Å². The van der Waals surface area contributed by atoms with Crippen LogP contribution in [0.1, 0.15) is 19.8 Å². The van der Waals surface area contributed by atoms with Gasteiger partial charge in [0.1, 0.15) is 9.21 Å². The van der Waals surface area contributed by atoms with E-state index < -0.39 is 5.60 Å².